The molecule has 2 aliphatic rings. The third kappa shape index (κ3) is 4.40. The first-order valence-corrected chi connectivity index (χ1v) is 15.0. The quantitative estimate of drug-likeness (QED) is 0.392. The Kier molecular flexibility index (Phi) is 6.97. The molecule has 1 fully saturated rings. The smallest absolute Gasteiger partial charge is 0.192 e. The number of benzene rings is 1. The maximum atomic E-state index is 12.2. The monoisotopic (exact) mass is 460 g/mol. The second kappa shape index (κ2) is 8.81. The lowest BCUT2D eigenvalue weighted by molar-refractivity contribution is -0.146. The van der Waals surface area contributed by atoms with Crippen LogP contribution < -0.4 is 9.47 Å². The zero-order valence-corrected chi connectivity index (χ0v) is 22.6. The van der Waals surface area contributed by atoms with Crippen LogP contribution in [0, 0.1) is 11.3 Å². The summed E-state index contributed by atoms with van der Waals surface area (Å²) < 4.78 is 18.5. The zero-order chi connectivity index (χ0) is 23.9. The molecule has 1 N–H and O–H groups in total. The van der Waals surface area contributed by atoms with Crippen molar-refractivity contribution in [2.24, 2.45) is 11.3 Å². The highest BCUT2D eigenvalue weighted by atomic mass is 28.4. The molecule has 0 amide bonds. The number of hydrogen-bond donors (Lipinski definition) is 1. The maximum absolute atomic E-state index is 12.2. The van der Waals surface area contributed by atoms with Crippen LogP contribution in [0.1, 0.15) is 71.8 Å². The topological polar surface area (TPSA) is 47.9 Å². The van der Waals surface area contributed by atoms with Gasteiger partial charge in [0, 0.05) is 11.5 Å². The first-order valence-electron chi connectivity index (χ1n) is 12.1. The molecule has 0 bridgehead atoms. The van der Waals surface area contributed by atoms with Crippen molar-refractivity contribution in [3.8, 4) is 11.5 Å². The fourth-order valence-corrected chi connectivity index (χ4v) is 6.74. The Labute approximate surface area is 196 Å². The average Bonchev–Trinajstić information content (AvgIpc) is 2.83. The van der Waals surface area contributed by atoms with Gasteiger partial charge in [-0.1, -0.05) is 53.2 Å². The van der Waals surface area contributed by atoms with E-state index in [1.165, 1.54) is 0 Å². The molecule has 1 saturated carbocycles. The summed E-state index contributed by atoms with van der Waals surface area (Å²) >= 11 is 0. The van der Waals surface area contributed by atoms with Crippen LogP contribution in [-0.4, -0.2) is 39.3 Å². The third-order valence-electron chi connectivity index (χ3n) is 8.68. The minimum absolute atomic E-state index is 0.0162. The van der Waals surface area contributed by atoms with Gasteiger partial charge >= 0.3 is 0 Å². The molecule has 0 spiro atoms. The van der Waals surface area contributed by atoms with Crippen molar-refractivity contribution in [3.05, 3.63) is 35.9 Å². The molecule has 4 nitrogen and oxygen atoms in total. The summed E-state index contributed by atoms with van der Waals surface area (Å²) in [6.07, 6.45) is 8.04. The van der Waals surface area contributed by atoms with E-state index in [9.17, 15) is 5.11 Å². The van der Waals surface area contributed by atoms with Crippen molar-refractivity contribution in [3.63, 3.8) is 0 Å². The van der Waals surface area contributed by atoms with E-state index in [0.29, 0.717) is 6.42 Å². The maximum Gasteiger partial charge on any atom is 0.192 e. The summed E-state index contributed by atoms with van der Waals surface area (Å²) in [6, 6.07) is 6.02. The van der Waals surface area contributed by atoms with Crippen LogP contribution in [0.25, 0.3) is 0 Å². The van der Waals surface area contributed by atoms with Gasteiger partial charge in [0.2, 0.25) is 0 Å². The highest BCUT2D eigenvalue weighted by Gasteiger charge is 2.56. The molecule has 0 aromatic heterocycles. The number of fused-ring (bicyclic) bond motifs is 1. The Morgan fingerprint density at radius 2 is 1.78 bits per heavy atom. The van der Waals surface area contributed by atoms with Crippen LogP contribution >= 0.6 is 0 Å². The fraction of sp³-hybridized carbons (Fsp3) is 0.704. The van der Waals surface area contributed by atoms with Gasteiger partial charge < -0.3 is 19.0 Å². The number of hydrogen-bond acceptors (Lipinski definition) is 4. The van der Waals surface area contributed by atoms with Crippen molar-refractivity contribution in [1.82, 2.24) is 0 Å². The van der Waals surface area contributed by atoms with Crippen molar-refractivity contribution in [1.29, 1.82) is 0 Å². The van der Waals surface area contributed by atoms with Crippen molar-refractivity contribution in [2.45, 2.75) is 96.1 Å². The Balaban J connectivity index is 2.20. The lowest BCUT2D eigenvalue weighted by Gasteiger charge is -2.54. The molecular formula is C27H44O4Si. The van der Waals surface area contributed by atoms with Gasteiger partial charge in [-0.15, -0.1) is 0 Å². The summed E-state index contributed by atoms with van der Waals surface area (Å²) in [5.74, 6) is 1.69. The highest BCUT2D eigenvalue weighted by Crippen LogP contribution is 2.57. The molecule has 180 valence electrons. The number of methoxy groups -OCH3 is 2. The number of rotatable bonds is 5. The normalized spacial score (nSPS) is 30.4. The van der Waals surface area contributed by atoms with Gasteiger partial charge in [0.15, 0.2) is 8.32 Å². The predicted octanol–water partition coefficient (Wildman–Crippen LogP) is 6.70. The summed E-state index contributed by atoms with van der Waals surface area (Å²) in [5.41, 5.74) is 0.103. The minimum atomic E-state index is -2.06. The van der Waals surface area contributed by atoms with E-state index >= 15 is 0 Å². The zero-order valence-electron chi connectivity index (χ0n) is 21.6. The van der Waals surface area contributed by atoms with E-state index in [1.807, 2.05) is 12.1 Å². The molecule has 0 unspecified atom stereocenters. The van der Waals surface area contributed by atoms with Gasteiger partial charge in [-0.05, 0) is 66.9 Å². The first kappa shape index (κ1) is 25.3. The van der Waals surface area contributed by atoms with Crippen molar-refractivity contribution in [2.75, 3.05) is 14.2 Å². The van der Waals surface area contributed by atoms with Gasteiger partial charge in [-0.3, -0.25) is 0 Å². The number of aliphatic hydroxyl groups is 1. The van der Waals surface area contributed by atoms with E-state index in [2.05, 4.69) is 65.9 Å². The SMILES string of the molecule is COc1ccc(OC)c([C@H]2[C@@H](O[Si](C)(C)C(C)(C)C)C=CC[C@]3(O)[C@@H]2CCCC3(C)C)c1. The molecule has 0 radical (unpaired) electrons. The molecule has 3 rings (SSSR count). The van der Waals surface area contributed by atoms with E-state index in [0.717, 1.165) is 36.3 Å². The lowest BCUT2D eigenvalue weighted by atomic mass is 9.55. The molecular weight excluding hydrogens is 416 g/mol. The molecule has 0 saturated heterocycles. The van der Waals surface area contributed by atoms with E-state index in [-0.39, 0.29) is 28.4 Å². The van der Waals surface area contributed by atoms with Crippen LogP contribution in [0.2, 0.25) is 18.1 Å². The van der Waals surface area contributed by atoms with Gasteiger partial charge in [0.25, 0.3) is 0 Å². The van der Waals surface area contributed by atoms with Crippen molar-refractivity contribution < 1.29 is 19.0 Å². The van der Waals surface area contributed by atoms with E-state index in [1.54, 1.807) is 14.2 Å². The molecule has 0 aliphatic heterocycles. The van der Waals surface area contributed by atoms with Crippen LogP contribution in [0.15, 0.2) is 30.4 Å². The second-order valence-corrected chi connectivity index (χ2v) is 16.7. The number of ether oxygens (including phenoxy) is 2. The highest BCUT2D eigenvalue weighted by molar-refractivity contribution is 6.74. The largest absolute Gasteiger partial charge is 0.497 e. The Bertz CT molecular complexity index is 839. The molecule has 1 aromatic carbocycles. The molecule has 4 atom stereocenters. The molecule has 2 aliphatic carbocycles. The standard InChI is InChI=1S/C27H44O4Si/c1-25(2,3)32(8,9)31-23-13-11-17-27(28)21(12-10-16-26(27,4)5)24(23)20-18-19(29-6)14-15-22(20)30-7/h11,13-15,18,21,23-24,28H,10,12,16-17H2,1-9H3/t21-,23+,24-,27+/m1/s1. The molecule has 5 heteroatoms. The minimum Gasteiger partial charge on any atom is -0.497 e. The van der Waals surface area contributed by atoms with Crippen LogP contribution in [0.5, 0.6) is 11.5 Å². The summed E-state index contributed by atoms with van der Waals surface area (Å²) in [4.78, 5) is 0. The Morgan fingerprint density at radius 3 is 2.38 bits per heavy atom. The first-order chi connectivity index (χ1) is 14.8. The van der Waals surface area contributed by atoms with E-state index < -0.39 is 13.9 Å². The second-order valence-electron chi connectivity index (χ2n) is 11.9. The average molecular weight is 461 g/mol. The van der Waals surface area contributed by atoms with Crippen molar-refractivity contribution >= 4 is 8.32 Å². The molecule has 32 heavy (non-hydrogen) atoms. The van der Waals surface area contributed by atoms with E-state index in [4.69, 9.17) is 13.9 Å². The third-order valence-corrected chi connectivity index (χ3v) is 13.2. The molecule has 0 heterocycles. The molecule has 1 aromatic rings. The van der Waals surface area contributed by atoms with Gasteiger partial charge in [-0.2, -0.15) is 0 Å². The Hall–Kier alpha value is -1.30. The summed E-state index contributed by atoms with van der Waals surface area (Å²) in [7, 11) is 1.36. The summed E-state index contributed by atoms with van der Waals surface area (Å²) in [6.45, 7) is 15.9. The summed E-state index contributed by atoms with van der Waals surface area (Å²) in [5, 5.41) is 12.3. The van der Waals surface area contributed by atoms with Gasteiger partial charge in [0.1, 0.15) is 11.5 Å². The fourth-order valence-electron chi connectivity index (χ4n) is 5.48. The van der Waals surface area contributed by atoms with Crippen LogP contribution in [0.3, 0.4) is 0 Å². The Morgan fingerprint density at radius 1 is 1.09 bits per heavy atom. The van der Waals surface area contributed by atoms with Gasteiger partial charge in [-0.25, -0.2) is 0 Å². The van der Waals surface area contributed by atoms with Crippen LogP contribution in [-0.2, 0) is 4.43 Å². The predicted molar refractivity (Wildman–Crippen MR) is 134 cm³/mol. The van der Waals surface area contributed by atoms with Crippen LogP contribution in [0.4, 0.5) is 0 Å². The lowest BCUT2D eigenvalue weighted by Crippen LogP contribution is -2.56. The van der Waals surface area contributed by atoms with Gasteiger partial charge in [0.05, 0.1) is 25.9 Å².